The molecule has 0 saturated carbocycles. The Kier molecular flexibility index (Phi) is 6.09. The molecule has 52 heavy (non-hydrogen) atoms. The average molecular weight is 735 g/mol. The maximum absolute atomic E-state index is 4.96. The summed E-state index contributed by atoms with van der Waals surface area (Å²) >= 11 is 7.25. The number of fused-ring (bicyclic) bond motifs is 12. The first-order chi connectivity index (χ1) is 25.7. The molecule has 0 bridgehead atoms. The summed E-state index contributed by atoms with van der Waals surface area (Å²) in [4.78, 5) is 19.4. The van der Waals surface area contributed by atoms with E-state index >= 15 is 0 Å². The quantitative estimate of drug-likeness (QED) is 0.181. The van der Waals surface area contributed by atoms with Crippen LogP contribution >= 0.6 is 45.3 Å². The molecule has 8 heterocycles. The Morgan fingerprint density at radius 3 is 1.29 bits per heavy atom. The molecule has 4 nitrogen and oxygen atoms in total. The minimum Gasteiger partial charge on any atom is -0.255 e. The number of nitrogens with zero attached hydrogens (tertiary/aromatic N) is 4. The molecular formula is C44H22N4S4. The molecule has 0 aliphatic heterocycles. The fourth-order valence-electron chi connectivity index (χ4n) is 7.70. The molecule has 0 radical (unpaired) electrons. The van der Waals surface area contributed by atoms with Crippen molar-refractivity contribution in [1.82, 2.24) is 19.9 Å². The minimum absolute atomic E-state index is 1.04. The van der Waals surface area contributed by atoms with Gasteiger partial charge in [0.25, 0.3) is 0 Å². The van der Waals surface area contributed by atoms with Crippen LogP contribution in [0.4, 0.5) is 0 Å². The minimum atomic E-state index is 1.04. The van der Waals surface area contributed by atoms with Crippen LogP contribution in [0.1, 0.15) is 0 Å². The third-order valence-corrected chi connectivity index (χ3v) is 14.8. The van der Waals surface area contributed by atoms with Crippen LogP contribution in [0, 0.1) is 0 Å². The van der Waals surface area contributed by atoms with E-state index in [1.165, 1.54) is 92.5 Å². The first kappa shape index (κ1) is 29.0. The summed E-state index contributed by atoms with van der Waals surface area (Å²) in [7, 11) is 0. The molecule has 0 aliphatic rings. The lowest BCUT2D eigenvalue weighted by Crippen LogP contribution is -1.83. The molecule has 0 aliphatic carbocycles. The Hall–Kier alpha value is -5.64. The summed E-state index contributed by atoms with van der Waals surface area (Å²) in [5.41, 5.74) is 11.4. The van der Waals surface area contributed by atoms with Crippen molar-refractivity contribution in [3.63, 3.8) is 0 Å². The molecule has 8 aromatic heterocycles. The molecule has 4 aromatic carbocycles. The SMILES string of the molecule is c1ccc2c(c1)sc1c(-c3ccc4sc5c(-c6ccc7sc8c(-c9ccc%10sc%11cccnc%11c%10c9)ccnc8c7c6)ccnc5c4c3)ccnc12. The first-order valence-electron chi connectivity index (χ1n) is 16.9. The van der Waals surface area contributed by atoms with Gasteiger partial charge in [-0.15, -0.1) is 45.3 Å². The molecule has 0 fully saturated rings. The second-order valence-electron chi connectivity index (χ2n) is 13.0. The van der Waals surface area contributed by atoms with E-state index in [9.17, 15) is 0 Å². The Labute approximate surface area is 311 Å². The lowest BCUT2D eigenvalue weighted by Gasteiger charge is -2.05. The second kappa shape index (κ2) is 10.9. The van der Waals surface area contributed by atoms with E-state index in [2.05, 4.69) is 103 Å². The molecule has 242 valence electrons. The van der Waals surface area contributed by atoms with E-state index in [1.807, 2.05) is 64.9 Å². The van der Waals surface area contributed by atoms with Gasteiger partial charge in [0.2, 0.25) is 0 Å². The smallest absolute Gasteiger partial charge is 0.0894 e. The van der Waals surface area contributed by atoms with Crippen molar-refractivity contribution in [2.24, 2.45) is 0 Å². The van der Waals surface area contributed by atoms with Gasteiger partial charge in [-0.1, -0.05) is 36.4 Å². The van der Waals surface area contributed by atoms with Gasteiger partial charge in [-0.05, 0) is 89.5 Å². The third-order valence-electron chi connectivity index (χ3n) is 10.1. The molecular weight excluding hydrogens is 713 g/mol. The third kappa shape index (κ3) is 4.17. The van der Waals surface area contributed by atoms with Gasteiger partial charge >= 0.3 is 0 Å². The lowest BCUT2D eigenvalue weighted by atomic mass is 10.0. The maximum atomic E-state index is 4.96. The Balaban J connectivity index is 0.989. The van der Waals surface area contributed by atoms with Gasteiger partial charge in [-0.3, -0.25) is 19.9 Å². The Morgan fingerprint density at radius 1 is 0.308 bits per heavy atom. The zero-order chi connectivity index (χ0) is 33.9. The van der Waals surface area contributed by atoms with Crippen LogP contribution in [0.15, 0.2) is 134 Å². The summed E-state index contributed by atoms with van der Waals surface area (Å²) < 4.78 is 9.85. The van der Waals surface area contributed by atoms with Crippen molar-refractivity contribution >= 4 is 127 Å². The molecule has 0 N–H and O–H groups in total. The van der Waals surface area contributed by atoms with Crippen molar-refractivity contribution in [2.75, 3.05) is 0 Å². The molecule has 0 amide bonds. The van der Waals surface area contributed by atoms with Crippen LogP contribution in [-0.4, -0.2) is 19.9 Å². The highest BCUT2D eigenvalue weighted by atomic mass is 32.1. The normalized spacial score (nSPS) is 12.2. The van der Waals surface area contributed by atoms with Crippen molar-refractivity contribution in [3.05, 3.63) is 134 Å². The number of benzene rings is 4. The number of rotatable bonds is 3. The van der Waals surface area contributed by atoms with Gasteiger partial charge in [-0.2, -0.15) is 0 Å². The molecule has 0 spiro atoms. The average Bonchev–Trinajstić information content (AvgIpc) is 3.97. The maximum Gasteiger partial charge on any atom is 0.0894 e. The molecule has 8 heteroatoms. The summed E-state index contributed by atoms with van der Waals surface area (Å²) in [5, 5.41) is 4.79. The molecule has 12 aromatic rings. The molecule has 0 unspecified atom stereocenters. The van der Waals surface area contributed by atoms with E-state index in [-0.39, 0.29) is 0 Å². The van der Waals surface area contributed by atoms with E-state index in [4.69, 9.17) is 19.9 Å². The Morgan fingerprint density at radius 2 is 0.731 bits per heavy atom. The molecule has 12 rings (SSSR count). The van der Waals surface area contributed by atoms with Crippen LogP contribution in [0.2, 0.25) is 0 Å². The predicted octanol–water partition coefficient (Wildman–Crippen LogP) is 13.7. The zero-order valence-electron chi connectivity index (χ0n) is 27.1. The fraction of sp³-hybridized carbons (Fsp3) is 0. The summed E-state index contributed by atoms with van der Waals surface area (Å²) in [6, 6.07) is 39.6. The van der Waals surface area contributed by atoms with E-state index in [0.717, 1.165) is 22.1 Å². The standard InChI is InChI=1S/C44H22N4S4/c1-2-5-33-29(4-1)39-42(50-33)26(13-17-46-39)24-8-11-35-31(21-24)41-44(52-35)28(15-19-48-41)25-9-12-36-32(22-25)40-43(51-36)27(14-18-47-40)23-7-10-34-30(20-23)38-37(49-34)6-3-16-45-38/h1-22H. The predicted molar refractivity (Wildman–Crippen MR) is 225 cm³/mol. The highest BCUT2D eigenvalue weighted by molar-refractivity contribution is 7.27. The first-order valence-corrected chi connectivity index (χ1v) is 20.2. The molecule has 0 atom stereocenters. The second-order valence-corrected chi connectivity index (χ2v) is 17.2. The van der Waals surface area contributed by atoms with Gasteiger partial charge in [0, 0.05) is 81.8 Å². The van der Waals surface area contributed by atoms with Crippen LogP contribution in [-0.2, 0) is 0 Å². The number of hydrogen-bond donors (Lipinski definition) is 0. The Bertz CT molecular complexity index is 3440. The van der Waals surface area contributed by atoms with Crippen molar-refractivity contribution in [2.45, 2.75) is 0 Å². The fourth-order valence-corrected chi connectivity index (χ4v) is 12.3. The van der Waals surface area contributed by atoms with Gasteiger partial charge in [-0.25, -0.2) is 0 Å². The lowest BCUT2D eigenvalue weighted by molar-refractivity contribution is 1.43. The van der Waals surface area contributed by atoms with Gasteiger partial charge in [0.15, 0.2) is 0 Å². The van der Waals surface area contributed by atoms with Gasteiger partial charge in [0.05, 0.1) is 40.9 Å². The summed E-state index contributed by atoms with van der Waals surface area (Å²) in [6.45, 7) is 0. The molecule has 0 saturated heterocycles. The zero-order valence-corrected chi connectivity index (χ0v) is 30.4. The van der Waals surface area contributed by atoms with Crippen molar-refractivity contribution in [1.29, 1.82) is 0 Å². The summed E-state index contributed by atoms with van der Waals surface area (Å²) in [5.74, 6) is 0. The number of thiophene rings is 4. The topological polar surface area (TPSA) is 51.6 Å². The van der Waals surface area contributed by atoms with Gasteiger partial charge in [0.1, 0.15) is 0 Å². The van der Waals surface area contributed by atoms with Crippen LogP contribution in [0.25, 0.3) is 115 Å². The van der Waals surface area contributed by atoms with Crippen LogP contribution < -0.4 is 0 Å². The van der Waals surface area contributed by atoms with Gasteiger partial charge < -0.3 is 0 Å². The van der Waals surface area contributed by atoms with E-state index < -0.39 is 0 Å². The van der Waals surface area contributed by atoms with Crippen LogP contribution in [0.5, 0.6) is 0 Å². The monoisotopic (exact) mass is 734 g/mol. The highest BCUT2D eigenvalue weighted by Crippen LogP contribution is 2.46. The summed E-state index contributed by atoms with van der Waals surface area (Å²) in [6.07, 6.45) is 7.73. The van der Waals surface area contributed by atoms with Crippen molar-refractivity contribution < 1.29 is 0 Å². The number of aromatic nitrogens is 4. The largest absolute Gasteiger partial charge is 0.255 e. The van der Waals surface area contributed by atoms with E-state index in [0.29, 0.717) is 0 Å². The van der Waals surface area contributed by atoms with Crippen LogP contribution in [0.3, 0.4) is 0 Å². The number of pyridine rings is 4. The highest BCUT2D eigenvalue weighted by Gasteiger charge is 2.18. The number of hydrogen-bond acceptors (Lipinski definition) is 8. The van der Waals surface area contributed by atoms with Crippen molar-refractivity contribution in [3.8, 4) is 33.4 Å². The van der Waals surface area contributed by atoms with E-state index in [1.54, 1.807) is 11.3 Å².